The second-order valence-corrected chi connectivity index (χ2v) is 3.79. The van der Waals surface area contributed by atoms with Gasteiger partial charge in [-0.25, -0.2) is 4.98 Å². The van der Waals surface area contributed by atoms with E-state index in [1.54, 1.807) is 11.9 Å². The third-order valence-corrected chi connectivity index (χ3v) is 2.12. The lowest BCUT2D eigenvalue weighted by atomic mass is 10.2. The van der Waals surface area contributed by atoms with Crippen LogP contribution in [0.1, 0.15) is 25.6 Å². The minimum Gasteiger partial charge on any atom is -0.395 e. The van der Waals surface area contributed by atoms with Crippen LogP contribution in [-0.2, 0) is 0 Å². The van der Waals surface area contributed by atoms with E-state index in [1.807, 2.05) is 13.8 Å². The summed E-state index contributed by atoms with van der Waals surface area (Å²) in [6.07, 6.45) is 0. The number of H-pyrrole nitrogens is 1. The maximum atomic E-state index is 11.3. The fourth-order valence-electron chi connectivity index (χ4n) is 1.20. The van der Waals surface area contributed by atoms with Gasteiger partial charge in [-0.1, -0.05) is 13.8 Å². The summed E-state index contributed by atoms with van der Waals surface area (Å²) >= 11 is 0. The topological polar surface area (TPSA) is 69.2 Å². The minimum absolute atomic E-state index is 0.0436. The molecule has 0 atom stereocenters. The van der Waals surface area contributed by atoms with Crippen molar-refractivity contribution < 1.29 is 5.11 Å². The zero-order valence-corrected chi connectivity index (χ0v) is 9.32. The van der Waals surface area contributed by atoms with Gasteiger partial charge in [-0.3, -0.25) is 4.79 Å². The maximum Gasteiger partial charge on any atom is 0.252 e. The Morgan fingerprint density at radius 1 is 1.60 bits per heavy atom. The second kappa shape index (κ2) is 4.93. The molecule has 1 rings (SSSR count). The molecule has 1 aromatic rings. The van der Waals surface area contributed by atoms with E-state index in [9.17, 15) is 4.79 Å². The van der Waals surface area contributed by atoms with Crippen molar-refractivity contribution in [1.29, 1.82) is 0 Å². The van der Waals surface area contributed by atoms with Crippen molar-refractivity contribution in [1.82, 2.24) is 9.97 Å². The maximum absolute atomic E-state index is 11.3. The molecule has 2 N–H and O–H groups in total. The lowest BCUT2D eigenvalue weighted by Crippen LogP contribution is -2.25. The van der Waals surface area contributed by atoms with E-state index in [4.69, 9.17) is 5.11 Å². The quantitative estimate of drug-likeness (QED) is 0.752. The standard InChI is InChI=1S/C10H17N3O2/c1-7(2)10-11-8(6-9(15)12-10)13(3)4-5-14/h6-7,14H,4-5H2,1-3H3,(H,11,12,15). The number of hydrogen-bond donors (Lipinski definition) is 2. The predicted molar refractivity (Wildman–Crippen MR) is 59.3 cm³/mol. The van der Waals surface area contributed by atoms with Crippen LogP contribution in [0.3, 0.4) is 0 Å². The number of likely N-dealkylation sites (N-methyl/N-ethyl adjacent to an activating group) is 1. The van der Waals surface area contributed by atoms with Gasteiger partial charge >= 0.3 is 0 Å². The van der Waals surface area contributed by atoms with E-state index in [2.05, 4.69) is 9.97 Å². The van der Waals surface area contributed by atoms with Gasteiger partial charge in [0.05, 0.1) is 6.61 Å². The van der Waals surface area contributed by atoms with Crippen molar-refractivity contribution in [3.63, 3.8) is 0 Å². The van der Waals surface area contributed by atoms with Crippen LogP contribution in [0, 0.1) is 0 Å². The molecule has 0 amide bonds. The number of hydrogen-bond acceptors (Lipinski definition) is 4. The lowest BCUT2D eigenvalue weighted by molar-refractivity contribution is 0.304. The lowest BCUT2D eigenvalue weighted by Gasteiger charge is -2.17. The Hall–Kier alpha value is -1.36. The molecule has 0 saturated heterocycles. The van der Waals surface area contributed by atoms with Crippen LogP contribution in [0.25, 0.3) is 0 Å². The van der Waals surface area contributed by atoms with Crippen LogP contribution in [0.15, 0.2) is 10.9 Å². The number of rotatable bonds is 4. The van der Waals surface area contributed by atoms with Gasteiger partial charge in [0, 0.05) is 25.6 Å². The summed E-state index contributed by atoms with van der Waals surface area (Å²) in [6.45, 7) is 4.44. The molecule has 0 spiro atoms. The molecule has 1 heterocycles. The Morgan fingerprint density at radius 2 is 2.27 bits per heavy atom. The predicted octanol–water partition coefficient (Wildman–Crippen LogP) is 0.322. The van der Waals surface area contributed by atoms with E-state index in [0.29, 0.717) is 18.2 Å². The molecular weight excluding hydrogens is 194 g/mol. The summed E-state index contributed by atoms with van der Waals surface area (Å²) in [7, 11) is 1.79. The molecule has 0 aliphatic heterocycles. The van der Waals surface area contributed by atoms with Crippen molar-refractivity contribution in [2.45, 2.75) is 19.8 Å². The van der Waals surface area contributed by atoms with Gasteiger partial charge in [0.1, 0.15) is 11.6 Å². The molecular formula is C10H17N3O2. The summed E-state index contributed by atoms with van der Waals surface area (Å²) in [4.78, 5) is 20.1. The summed E-state index contributed by atoms with van der Waals surface area (Å²) in [5.74, 6) is 1.44. The SMILES string of the molecule is CC(C)c1nc(N(C)CCO)cc(=O)[nH]1. The van der Waals surface area contributed by atoms with E-state index in [1.165, 1.54) is 6.07 Å². The highest BCUT2D eigenvalue weighted by molar-refractivity contribution is 5.36. The van der Waals surface area contributed by atoms with Crippen molar-refractivity contribution in [3.05, 3.63) is 22.2 Å². The first kappa shape index (κ1) is 11.7. The molecule has 84 valence electrons. The van der Waals surface area contributed by atoms with Crippen molar-refractivity contribution in [2.24, 2.45) is 0 Å². The van der Waals surface area contributed by atoms with E-state index in [-0.39, 0.29) is 18.1 Å². The molecule has 1 aromatic heterocycles. The smallest absolute Gasteiger partial charge is 0.252 e. The van der Waals surface area contributed by atoms with Crippen molar-refractivity contribution >= 4 is 5.82 Å². The number of anilines is 1. The Balaban J connectivity index is 3.03. The Kier molecular flexibility index (Phi) is 3.85. The van der Waals surface area contributed by atoms with Gasteiger partial charge in [0.2, 0.25) is 0 Å². The fraction of sp³-hybridized carbons (Fsp3) is 0.600. The van der Waals surface area contributed by atoms with E-state index < -0.39 is 0 Å². The van der Waals surface area contributed by atoms with Gasteiger partial charge < -0.3 is 15.0 Å². The number of nitrogens with zero attached hydrogens (tertiary/aromatic N) is 2. The first-order valence-corrected chi connectivity index (χ1v) is 4.98. The van der Waals surface area contributed by atoms with Gasteiger partial charge in [0.15, 0.2) is 0 Å². The molecule has 0 saturated carbocycles. The Morgan fingerprint density at radius 3 is 2.80 bits per heavy atom. The van der Waals surface area contributed by atoms with Crippen molar-refractivity contribution in [3.8, 4) is 0 Å². The molecule has 5 nitrogen and oxygen atoms in total. The van der Waals surface area contributed by atoms with Crippen LogP contribution < -0.4 is 10.5 Å². The number of aliphatic hydroxyl groups excluding tert-OH is 1. The first-order chi connectivity index (χ1) is 7.04. The van der Waals surface area contributed by atoms with Gasteiger partial charge in [0.25, 0.3) is 5.56 Å². The molecule has 0 radical (unpaired) electrons. The first-order valence-electron chi connectivity index (χ1n) is 4.98. The third kappa shape index (κ3) is 3.06. The van der Waals surface area contributed by atoms with Crippen LogP contribution in [0.5, 0.6) is 0 Å². The number of aromatic amines is 1. The summed E-state index contributed by atoms with van der Waals surface area (Å²) in [6, 6.07) is 1.43. The fourth-order valence-corrected chi connectivity index (χ4v) is 1.20. The van der Waals surface area contributed by atoms with Gasteiger partial charge in [-0.2, -0.15) is 0 Å². The third-order valence-electron chi connectivity index (χ3n) is 2.12. The zero-order valence-electron chi connectivity index (χ0n) is 9.32. The van der Waals surface area contributed by atoms with Crippen LogP contribution in [-0.4, -0.2) is 35.3 Å². The molecule has 0 aliphatic rings. The summed E-state index contributed by atoms with van der Waals surface area (Å²) in [5.41, 5.74) is -0.159. The number of aliphatic hydroxyl groups is 1. The molecule has 0 unspecified atom stereocenters. The number of aromatic nitrogens is 2. The molecule has 0 aliphatic carbocycles. The normalized spacial score (nSPS) is 10.7. The molecule has 15 heavy (non-hydrogen) atoms. The summed E-state index contributed by atoms with van der Waals surface area (Å²) in [5, 5.41) is 8.79. The average molecular weight is 211 g/mol. The zero-order chi connectivity index (χ0) is 11.4. The number of nitrogens with one attached hydrogen (secondary N) is 1. The van der Waals surface area contributed by atoms with Gasteiger partial charge in [-0.05, 0) is 0 Å². The second-order valence-electron chi connectivity index (χ2n) is 3.79. The highest BCUT2D eigenvalue weighted by Crippen LogP contribution is 2.11. The van der Waals surface area contributed by atoms with E-state index in [0.717, 1.165) is 0 Å². The van der Waals surface area contributed by atoms with Crippen molar-refractivity contribution in [2.75, 3.05) is 25.1 Å². The largest absolute Gasteiger partial charge is 0.395 e. The Labute approximate surface area is 88.8 Å². The van der Waals surface area contributed by atoms with E-state index >= 15 is 0 Å². The highest BCUT2D eigenvalue weighted by Gasteiger charge is 2.07. The van der Waals surface area contributed by atoms with Crippen LogP contribution in [0.4, 0.5) is 5.82 Å². The average Bonchev–Trinajstić information content (AvgIpc) is 2.17. The molecule has 0 aromatic carbocycles. The van der Waals surface area contributed by atoms with Crippen LogP contribution >= 0.6 is 0 Å². The highest BCUT2D eigenvalue weighted by atomic mass is 16.3. The van der Waals surface area contributed by atoms with Gasteiger partial charge in [-0.15, -0.1) is 0 Å². The Bertz CT molecular complexity index is 373. The monoisotopic (exact) mass is 211 g/mol. The summed E-state index contributed by atoms with van der Waals surface area (Å²) < 4.78 is 0. The minimum atomic E-state index is -0.159. The molecule has 0 bridgehead atoms. The molecule has 0 fully saturated rings. The molecule has 5 heteroatoms. The van der Waals surface area contributed by atoms with Crippen LogP contribution in [0.2, 0.25) is 0 Å².